The SMILES string of the molecule is CO/N=C(\C#N)C(=O)NP(=O)(N(C)C)N(C)C. The largest absolute Gasteiger partial charge is 0.398 e. The van der Waals surface area contributed by atoms with E-state index in [-0.39, 0.29) is 0 Å². The third kappa shape index (κ3) is 3.82. The molecule has 0 aliphatic rings. The highest BCUT2D eigenvalue weighted by Crippen LogP contribution is 2.44. The van der Waals surface area contributed by atoms with Crippen LogP contribution < -0.4 is 5.09 Å². The molecule has 0 atom stereocenters. The number of carbonyl (C=O) groups excluding carboxylic acids is 1. The van der Waals surface area contributed by atoms with Gasteiger partial charge in [-0.05, 0) is 28.2 Å². The molecule has 0 aliphatic heterocycles. The van der Waals surface area contributed by atoms with E-state index in [2.05, 4.69) is 15.1 Å². The van der Waals surface area contributed by atoms with Crippen molar-refractivity contribution in [2.75, 3.05) is 35.3 Å². The van der Waals surface area contributed by atoms with E-state index < -0.39 is 19.2 Å². The van der Waals surface area contributed by atoms with Gasteiger partial charge >= 0.3 is 7.59 Å². The molecule has 0 aliphatic carbocycles. The van der Waals surface area contributed by atoms with E-state index in [4.69, 9.17) is 5.26 Å². The van der Waals surface area contributed by atoms with Crippen molar-refractivity contribution in [2.24, 2.45) is 5.16 Å². The van der Waals surface area contributed by atoms with Crippen molar-refractivity contribution in [3.63, 3.8) is 0 Å². The summed E-state index contributed by atoms with van der Waals surface area (Å²) >= 11 is 0. The molecule has 96 valence electrons. The Bertz CT molecular complexity index is 386. The van der Waals surface area contributed by atoms with Crippen molar-refractivity contribution < 1.29 is 14.2 Å². The van der Waals surface area contributed by atoms with E-state index in [0.717, 1.165) is 0 Å². The standard InChI is InChI=1S/C8H16N5O3P/c1-12(2)17(15,13(3)4)11-8(14)7(6-9)10-16-5/h1-5H3,(H,11,14,15)/b10-7+. The lowest BCUT2D eigenvalue weighted by Crippen LogP contribution is -2.37. The van der Waals surface area contributed by atoms with Crippen LogP contribution in [0.4, 0.5) is 0 Å². The van der Waals surface area contributed by atoms with Gasteiger partial charge in [-0.2, -0.15) is 5.26 Å². The highest BCUT2D eigenvalue weighted by molar-refractivity contribution is 7.57. The van der Waals surface area contributed by atoms with E-state index in [1.165, 1.54) is 16.5 Å². The molecule has 17 heavy (non-hydrogen) atoms. The van der Waals surface area contributed by atoms with Gasteiger partial charge in [0.05, 0.1) is 0 Å². The minimum atomic E-state index is -3.23. The van der Waals surface area contributed by atoms with Crippen LogP contribution in [0.2, 0.25) is 0 Å². The maximum absolute atomic E-state index is 12.4. The minimum absolute atomic E-state index is 0.489. The Kier molecular flexibility index (Phi) is 5.82. The fourth-order valence-corrected chi connectivity index (χ4v) is 2.43. The van der Waals surface area contributed by atoms with Crippen molar-refractivity contribution in [3.8, 4) is 6.07 Å². The molecule has 0 aromatic carbocycles. The number of carbonyl (C=O) groups is 1. The smallest absolute Gasteiger partial charge is 0.310 e. The zero-order chi connectivity index (χ0) is 13.6. The highest BCUT2D eigenvalue weighted by atomic mass is 31.2. The Hall–Kier alpha value is -1.42. The molecule has 0 radical (unpaired) electrons. The number of hydrogen-bond donors (Lipinski definition) is 1. The monoisotopic (exact) mass is 261 g/mol. The van der Waals surface area contributed by atoms with Crippen molar-refractivity contribution in [2.45, 2.75) is 0 Å². The summed E-state index contributed by atoms with van der Waals surface area (Å²) in [6.45, 7) is 0. The first kappa shape index (κ1) is 15.6. The average molecular weight is 261 g/mol. The van der Waals surface area contributed by atoms with Crippen molar-refractivity contribution in [3.05, 3.63) is 0 Å². The second-order valence-corrected chi connectivity index (χ2v) is 6.33. The van der Waals surface area contributed by atoms with Gasteiger partial charge in [0.2, 0.25) is 5.71 Å². The van der Waals surface area contributed by atoms with Crippen LogP contribution >= 0.6 is 7.59 Å². The predicted octanol–water partition coefficient (Wildman–Crippen LogP) is -0.140. The number of nitrogens with one attached hydrogen (secondary N) is 1. The van der Waals surface area contributed by atoms with Gasteiger partial charge in [-0.1, -0.05) is 5.16 Å². The third-order valence-corrected chi connectivity index (χ3v) is 4.50. The van der Waals surface area contributed by atoms with Gasteiger partial charge in [-0.15, -0.1) is 0 Å². The zero-order valence-electron chi connectivity index (χ0n) is 10.5. The van der Waals surface area contributed by atoms with Crippen LogP contribution in [0.5, 0.6) is 0 Å². The van der Waals surface area contributed by atoms with Crippen LogP contribution in [0.1, 0.15) is 0 Å². The highest BCUT2D eigenvalue weighted by Gasteiger charge is 2.32. The summed E-state index contributed by atoms with van der Waals surface area (Å²) in [5.74, 6) is -0.847. The molecule has 0 rings (SSSR count). The van der Waals surface area contributed by atoms with Crippen molar-refractivity contribution in [1.29, 1.82) is 5.26 Å². The maximum Gasteiger partial charge on any atom is 0.310 e. The molecular weight excluding hydrogens is 245 g/mol. The van der Waals surface area contributed by atoms with Crippen LogP contribution in [0.15, 0.2) is 5.16 Å². The molecule has 0 unspecified atom stereocenters. The number of rotatable bonds is 5. The summed E-state index contributed by atoms with van der Waals surface area (Å²) in [6.07, 6.45) is 0. The lowest BCUT2D eigenvalue weighted by molar-refractivity contribution is -0.113. The Morgan fingerprint density at radius 3 is 2.12 bits per heavy atom. The van der Waals surface area contributed by atoms with E-state index >= 15 is 0 Å². The molecule has 0 aromatic heterocycles. The number of oxime groups is 1. The van der Waals surface area contributed by atoms with Gasteiger partial charge in [-0.25, -0.2) is 9.34 Å². The summed E-state index contributed by atoms with van der Waals surface area (Å²) in [6, 6.07) is 1.56. The molecule has 0 fully saturated rings. The summed E-state index contributed by atoms with van der Waals surface area (Å²) in [7, 11) is 4.20. The second kappa shape index (κ2) is 6.35. The van der Waals surface area contributed by atoms with Gasteiger partial charge in [0.15, 0.2) is 0 Å². The predicted molar refractivity (Wildman–Crippen MR) is 63.2 cm³/mol. The minimum Gasteiger partial charge on any atom is -0.398 e. The van der Waals surface area contributed by atoms with Crippen LogP contribution in [-0.4, -0.2) is 56.3 Å². The fourth-order valence-electron chi connectivity index (χ4n) is 0.947. The summed E-state index contributed by atoms with van der Waals surface area (Å²) in [4.78, 5) is 16.0. The first-order valence-corrected chi connectivity index (χ1v) is 6.20. The van der Waals surface area contributed by atoms with E-state index in [1.807, 2.05) is 0 Å². The van der Waals surface area contributed by atoms with Crippen LogP contribution in [0.25, 0.3) is 0 Å². The molecule has 1 amide bonds. The Morgan fingerprint density at radius 1 is 1.35 bits per heavy atom. The van der Waals surface area contributed by atoms with Crippen LogP contribution in [0.3, 0.4) is 0 Å². The number of amides is 1. The maximum atomic E-state index is 12.4. The van der Waals surface area contributed by atoms with Gasteiger partial charge in [-0.3, -0.25) is 14.4 Å². The fraction of sp³-hybridized carbons (Fsp3) is 0.625. The molecule has 9 heteroatoms. The number of nitrogens with zero attached hydrogens (tertiary/aromatic N) is 4. The van der Waals surface area contributed by atoms with Gasteiger partial charge < -0.3 is 4.84 Å². The second-order valence-electron chi connectivity index (χ2n) is 3.41. The first-order valence-electron chi connectivity index (χ1n) is 4.59. The van der Waals surface area contributed by atoms with Crippen LogP contribution in [-0.2, 0) is 14.2 Å². The van der Waals surface area contributed by atoms with Gasteiger partial charge in [0, 0.05) is 0 Å². The molecule has 0 spiro atoms. The molecule has 0 bridgehead atoms. The average Bonchev–Trinajstić information content (AvgIpc) is 2.24. The van der Waals surface area contributed by atoms with Crippen molar-refractivity contribution >= 4 is 19.2 Å². The quantitative estimate of drug-likeness (QED) is 0.420. The molecule has 0 saturated heterocycles. The Morgan fingerprint density at radius 2 is 1.82 bits per heavy atom. The van der Waals surface area contributed by atoms with Crippen molar-refractivity contribution in [1.82, 2.24) is 14.4 Å². The Labute approximate surface area is 100 Å². The van der Waals surface area contributed by atoms with E-state index in [1.54, 1.807) is 34.3 Å². The molecular formula is C8H16N5O3P. The lowest BCUT2D eigenvalue weighted by atomic mass is 10.4. The molecule has 1 N–H and O–H groups in total. The first-order chi connectivity index (χ1) is 7.79. The number of nitriles is 1. The molecule has 0 saturated carbocycles. The zero-order valence-corrected chi connectivity index (χ0v) is 11.4. The summed E-state index contributed by atoms with van der Waals surface area (Å²) in [5, 5.41) is 14.2. The van der Waals surface area contributed by atoms with E-state index in [9.17, 15) is 9.36 Å². The topological polar surface area (TPSA) is 98.0 Å². The molecule has 0 heterocycles. The number of hydrogen-bond acceptors (Lipinski definition) is 5. The van der Waals surface area contributed by atoms with Gasteiger partial charge in [0.25, 0.3) is 5.91 Å². The Balaban J connectivity index is 5.07. The lowest BCUT2D eigenvalue weighted by Gasteiger charge is -2.30. The van der Waals surface area contributed by atoms with Gasteiger partial charge in [0.1, 0.15) is 13.2 Å². The molecule has 8 nitrogen and oxygen atoms in total. The van der Waals surface area contributed by atoms with E-state index in [0.29, 0.717) is 0 Å². The summed E-state index contributed by atoms with van der Waals surface area (Å²) < 4.78 is 15.1. The summed E-state index contributed by atoms with van der Waals surface area (Å²) in [5.41, 5.74) is -0.489. The molecule has 0 aromatic rings. The third-order valence-electron chi connectivity index (χ3n) is 1.84. The normalized spacial score (nSPS) is 12.5. The van der Waals surface area contributed by atoms with Crippen LogP contribution in [0, 0.1) is 11.3 Å².